The van der Waals surface area contributed by atoms with Gasteiger partial charge in [0.05, 0.1) is 6.61 Å². The molecule has 0 atom stereocenters. The lowest BCUT2D eigenvalue weighted by molar-refractivity contribution is 0.297. The van der Waals surface area contributed by atoms with Gasteiger partial charge in [0.1, 0.15) is 5.75 Å². The van der Waals surface area contributed by atoms with Gasteiger partial charge in [0, 0.05) is 5.54 Å². The largest absolute Gasteiger partial charge is 0.493 e. The molecule has 0 bridgehead atoms. The Kier molecular flexibility index (Phi) is 6.36. The van der Waals surface area contributed by atoms with Gasteiger partial charge in [0.15, 0.2) is 0 Å². The Hall–Kier alpha value is -1.02. The number of unbranched alkanes of at least 4 members (excludes halogenated alkanes) is 1. The maximum Gasteiger partial charge on any atom is 0.122 e. The second-order valence-electron chi connectivity index (χ2n) is 6.42. The van der Waals surface area contributed by atoms with E-state index in [0.717, 1.165) is 31.7 Å². The van der Waals surface area contributed by atoms with Crippen molar-refractivity contribution in [3.63, 3.8) is 0 Å². The molecule has 2 heteroatoms. The fraction of sp³-hybridized carbons (Fsp3) is 0.647. The molecule has 2 nitrogen and oxygen atoms in total. The van der Waals surface area contributed by atoms with E-state index in [9.17, 15) is 0 Å². The second kappa shape index (κ2) is 7.54. The first-order chi connectivity index (χ1) is 8.90. The quantitative estimate of drug-likeness (QED) is 0.738. The lowest BCUT2D eigenvalue weighted by Crippen LogP contribution is -2.36. The minimum atomic E-state index is 0.213. The lowest BCUT2D eigenvalue weighted by Gasteiger charge is -2.20. The molecule has 0 aliphatic carbocycles. The number of ether oxygens (including phenoxy) is 1. The highest BCUT2D eigenvalue weighted by Gasteiger charge is 2.08. The van der Waals surface area contributed by atoms with Crippen molar-refractivity contribution in [1.82, 2.24) is 5.32 Å². The van der Waals surface area contributed by atoms with Crippen molar-refractivity contribution in [2.24, 2.45) is 0 Å². The smallest absolute Gasteiger partial charge is 0.122 e. The van der Waals surface area contributed by atoms with Crippen LogP contribution in [0.2, 0.25) is 0 Å². The molecule has 1 rings (SSSR count). The Morgan fingerprint density at radius 3 is 2.42 bits per heavy atom. The SMILES string of the molecule is CC(C)c1ccccc1OCCCCNC(C)(C)C. The zero-order valence-electron chi connectivity index (χ0n) is 13.1. The number of benzene rings is 1. The van der Waals surface area contributed by atoms with Crippen molar-refractivity contribution < 1.29 is 4.74 Å². The van der Waals surface area contributed by atoms with Gasteiger partial charge in [0.25, 0.3) is 0 Å². The number of rotatable bonds is 7. The van der Waals surface area contributed by atoms with Gasteiger partial charge in [-0.1, -0.05) is 32.0 Å². The molecule has 0 saturated heterocycles. The summed E-state index contributed by atoms with van der Waals surface area (Å²) in [4.78, 5) is 0. The zero-order chi connectivity index (χ0) is 14.3. The average molecular weight is 263 g/mol. The van der Waals surface area contributed by atoms with E-state index in [1.54, 1.807) is 0 Å². The highest BCUT2D eigenvalue weighted by atomic mass is 16.5. The maximum absolute atomic E-state index is 5.90. The normalized spacial score (nSPS) is 11.9. The van der Waals surface area contributed by atoms with Crippen LogP contribution in [0.1, 0.15) is 58.9 Å². The van der Waals surface area contributed by atoms with Crippen LogP contribution in [0.5, 0.6) is 5.75 Å². The van der Waals surface area contributed by atoms with Gasteiger partial charge >= 0.3 is 0 Å². The van der Waals surface area contributed by atoms with Crippen LogP contribution in [-0.2, 0) is 0 Å². The van der Waals surface area contributed by atoms with Crippen molar-refractivity contribution in [3.8, 4) is 5.75 Å². The van der Waals surface area contributed by atoms with E-state index in [4.69, 9.17) is 4.74 Å². The maximum atomic E-state index is 5.90. The van der Waals surface area contributed by atoms with E-state index in [0.29, 0.717) is 5.92 Å². The fourth-order valence-electron chi connectivity index (χ4n) is 1.96. The molecule has 0 amide bonds. The van der Waals surface area contributed by atoms with E-state index < -0.39 is 0 Å². The first-order valence-electron chi connectivity index (χ1n) is 7.37. The third-order valence-electron chi connectivity index (χ3n) is 3.03. The van der Waals surface area contributed by atoms with Crippen molar-refractivity contribution >= 4 is 0 Å². The monoisotopic (exact) mass is 263 g/mol. The molecule has 1 N–H and O–H groups in total. The predicted octanol–water partition coefficient (Wildman–Crippen LogP) is 4.36. The summed E-state index contributed by atoms with van der Waals surface area (Å²) in [6.07, 6.45) is 2.25. The van der Waals surface area contributed by atoms with Crippen LogP contribution >= 0.6 is 0 Å². The van der Waals surface area contributed by atoms with E-state index in [-0.39, 0.29) is 5.54 Å². The number of para-hydroxylation sites is 1. The first-order valence-corrected chi connectivity index (χ1v) is 7.37. The zero-order valence-corrected chi connectivity index (χ0v) is 13.1. The second-order valence-corrected chi connectivity index (χ2v) is 6.42. The number of hydrogen-bond acceptors (Lipinski definition) is 2. The van der Waals surface area contributed by atoms with Crippen LogP contribution in [0.4, 0.5) is 0 Å². The molecule has 0 unspecified atom stereocenters. The topological polar surface area (TPSA) is 21.3 Å². The molecule has 0 aromatic heterocycles. The van der Waals surface area contributed by atoms with Gasteiger partial charge in [0.2, 0.25) is 0 Å². The predicted molar refractivity (Wildman–Crippen MR) is 83.0 cm³/mol. The van der Waals surface area contributed by atoms with Crippen molar-refractivity contribution in [3.05, 3.63) is 29.8 Å². The van der Waals surface area contributed by atoms with Crippen molar-refractivity contribution in [1.29, 1.82) is 0 Å². The first kappa shape index (κ1) is 16.0. The van der Waals surface area contributed by atoms with Gasteiger partial charge in [-0.05, 0) is 57.7 Å². The minimum absolute atomic E-state index is 0.213. The summed E-state index contributed by atoms with van der Waals surface area (Å²) in [6.45, 7) is 12.9. The molecule has 0 spiro atoms. The molecule has 0 aliphatic rings. The molecule has 19 heavy (non-hydrogen) atoms. The standard InChI is InChI=1S/C17H29NO/c1-14(2)15-10-6-7-11-16(15)19-13-9-8-12-18-17(3,4)5/h6-7,10-11,14,18H,8-9,12-13H2,1-5H3. The molecular formula is C17H29NO. The third kappa shape index (κ3) is 6.63. The average Bonchev–Trinajstić information content (AvgIpc) is 2.32. The van der Waals surface area contributed by atoms with E-state index in [1.165, 1.54) is 5.56 Å². The van der Waals surface area contributed by atoms with Crippen molar-refractivity contribution in [2.45, 2.75) is 58.9 Å². The van der Waals surface area contributed by atoms with Gasteiger partial charge in [-0.3, -0.25) is 0 Å². The summed E-state index contributed by atoms with van der Waals surface area (Å²) in [6, 6.07) is 8.35. The van der Waals surface area contributed by atoms with Gasteiger partial charge in [-0.2, -0.15) is 0 Å². The Balaban J connectivity index is 2.26. The summed E-state index contributed by atoms with van der Waals surface area (Å²) < 4.78 is 5.90. The summed E-state index contributed by atoms with van der Waals surface area (Å²) >= 11 is 0. The molecule has 1 aromatic carbocycles. The Morgan fingerprint density at radius 1 is 1.11 bits per heavy atom. The van der Waals surface area contributed by atoms with Crippen LogP contribution < -0.4 is 10.1 Å². The highest BCUT2D eigenvalue weighted by Crippen LogP contribution is 2.25. The lowest BCUT2D eigenvalue weighted by atomic mass is 10.0. The van der Waals surface area contributed by atoms with E-state index in [1.807, 2.05) is 6.07 Å². The fourth-order valence-corrected chi connectivity index (χ4v) is 1.96. The Bertz CT molecular complexity index is 366. The minimum Gasteiger partial charge on any atom is -0.493 e. The molecule has 0 saturated carbocycles. The summed E-state index contributed by atoms with van der Waals surface area (Å²) in [5.74, 6) is 1.56. The van der Waals surface area contributed by atoms with Gasteiger partial charge < -0.3 is 10.1 Å². The molecule has 1 aromatic rings. The third-order valence-corrected chi connectivity index (χ3v) is 3.03. The summed E-state index contributed by atoms with van der Waals surface area (Å²) in [5.41, 5.74) is 1.51. The summed E-state index contributed by atoms with van der Waals surface area (Å²) in [5, 5.41) is 3.49. The Morgan fingerprint density at radius 2 is 1.79 bits per heavy atom. The molecule has 108 valence electrons. The van der Waals surface area contributed by atoms with Crippen LogP contribution in [0.3, 0.4) is 0 Å². The van der Waals surface area contributed by atoms with Crippen LogP contribution in [-0.4, -0.2) is 18.7 Å². The Labute approximate surface area is 118 Å². The van der Waals surface area contributed by atoms with Crippen molar-refractivity contribution in [2.75, 3.05) is 13.2 Å². The number of nitrogens with one attached hydrogen (secondary N) is 1. The number of hydrogen-bond donors (Lipinski definition) is 1. The molecule has 0 radical (unpaired) electrons. The summed E-state index contributed by atoms with van der Waals surface area (Å²) in [7, 11) is 0. The molecule has 0 fully saturated rings. The molecule has 0 heterocycles. The van der Waals surface area contributed by atoms with Crippen LogP contribution in [0, 0.1) is 0 Å². The molecule has 0 aliphatic heterocycles. The van der Waals surface area contributed by atoms with Gasteiger partial charge in [-0.25, -0.2) is 0 Å². The van der Waals surface area contributed by atoms with Crippen LogP contribution in [0.25, 0.3) is 0 Å². The van der Waals surface area contributed by atoms with Gasteiger partial charge in [-0.15, -0.1) is 0 Å². The van der Waals surface area contributed by atoms with Crippen LogP contribution in [0.15, 0.2) is 24.3 Å². The van der Waals surface area contributed by atoms with E-state index in [2.05, 4.69) is 58.1 Å². The molecular weight excluding hydrogens is 234 g/mol. The van der Waals surface area contributed by atoms with E-state index >= 15 is 0 Å². The highest BCUT2D eigenvalue weighted by molar-refractivity contribution is 5.35.